The lowest BCUT2D eigenvalue weighted by Crippen LogP contribution is -2.39. The first kappa shape index (κ1) is 15.4. The molecule has 0 aliphatic rings. The molecule has 2 aromatic rings. The molecule has 0 amide bonds. The predicted molar refractivity (Wildman–Crippen MR) is 98.5 cm³/mol. The van der Waals surface area contributed by atoms with Crippen LogP contribution in [-0.2, 0) is 0 Å². The molecule has 0 bridgehead atoms. The van der Waals surface area contributed by atoms with E-state index in [1.807, 2.05) is 12.1 Å². The minimum Gasteiger partial charge on any atom is -0.421 e. The van der Waals surface area contributed by atoms with Crippen LogP contribution < -0.4 is 10.5 Å². The Hall–Kier alpha value is 0.0600. The normalized spacial score (nSPS) is 10.3. The molecule has 0 aromatic heterocycles. The molecule has 98 valence electrons. The van der Waals surface area contributed by atoms with E-state index in [-0.39, 0.29) is 5.97 Å². The van der Waals surface area contributed by atoms with Gasteiger partial charge in [-0.15, -0.1) is 0 Å². The minimum absolute atomic E-state index is 0.350. The van der Waals surface area contributed by atoms with Crippen LogP contribution in [0.25, 0.3) is 0 Å². The monoisotopic (exact) mass is 592 g/mol. The molecular weight excluding hydrogens is 583 g/mol. The average molecular weight is 592 g/mol. The third-order valence-corrected chi connectivity index (χ3v) is 4.57. The predicted octanol–water partition coefficient (Wildman–Crippen LogP) is 3.59. The highest BCUT2D eigenvalue weighted by molar-refractivity contribution is 14.1. The molecule has 3 nitrogen and oxygen atoms in total. The fourth-order valence-corrected chi connectivity index (χ4v) is 5.22. The van der Waals surface area contributed by atoms with Crippen molar-refractivity contribution in [3.63, 3.8) is 0 Å². The van der Waals surface area contributed by atoms with E-state index < -0.39 is 0 Å². The van der Waals surface area contributed by atoms with Crippen molar-refractivity contribution in [1.82, 2.24) is 0 Å². The van der Waals surface area contributed by atoms with Crippen molar-refractivity contribution in [2.75, 3.05) is 0 Å². The van der Waals surface area contributed by atoms with Crippen LogP contribution in [0.4, 0.5) is 5.69 Å². The third-order valence-electron chi connectivity index (χ3n) is 2.35. The second-order valence-corrected chi connectivity index (χ2v) is 7.36. The number of benzene rings is 2. The van der Waals surface area contributed by atoms with Crippen molar-refractivity contribution >= 4 is 79.4 Å². The molecule has 0 unspecified atom stereocenters. The van der Waals surface area contributed by atoms with E-state index in [1.165, 1.54) is 0 Å². The fourth-order valence-electron chi connectivity index (χ4n) is 1.42. The second kappa shape index (κ2) is 6.68. The molecular formula is C13H9I3NO2+. The van der Waals surface area contributed by atoms with Crippen LogP contribution in [0.1, 0.15) is 10.4 Å². The van der Waals surface area contributed by atoms with Gasteiger partial charge in [0.05, 0.1) is 12.7 Å². The van der Waals surface area contributed by atoms with Gasteiger partial charge in [-0.2, -0.15) is 0 Å². The maximum atomic E-state index is 12.1. The Morgan fingerprint density at radius 1 is 1.00 bits per heavy atom. The van der Waals surface area contributed by atoms with Gasteiger partial charge in [0.1, 0.15) is 5.69 Å². The molecule has 6 heteroatoms. The van der Waals surface area contributed by atoms with Crippen molar-refractivity contribution < 1.29 is 15.3 Å². The van der Waals surface area contributed by atoms with Gasteiger partial charge in [0.2, 0.25) is 0 Å². The van der Waals surface area contributed by atoms with Gasteiger partial charge >= 0.3 is 5.97 Å². The fraction of sp³-hybridized carbons (Fsp3) is 0. The van der Waals surface area contributed by atoms with Crippen LogP contribution in [0.3, 0.4) is 0 Å². The van der Waals surface area contributed by atoms with Crippen LogP contribution in [0.2, 0.25) is 0 Å². The topological polar surface area (TPSA) is 53.9 Å². The SMILES string of the molecule is [NH3+]c1ccc(C(=O)Oc2c(I)cc(I)cc2I)cc1. The first-order chi connectivity index (χ1) is 8.97. The summed E-state index contributed by atoms with van der Waals surface area (Å²) in [6.45, 7) is 0. The van der Waals surface area contributed by atoms with Gasteiger partial charge in [-0.3, -0.25) is 0 Å². The minimum atomic E-state index is -0.350. The van der Waals surface area contributed by atoms with Crippen molar-refractivity contribution in [2.24, 2.45) is 0 Å². The number of carbonyl (C=O) groups excluding carboxylic acids is 1. The van der Waals surface area contributed by atoms with E-state index in [9.17, 15) is 4.79 Å². The zero-order chi connectivity index (χ0) is 14.0. The molecule has 2 rings (SSSR count). The van der Waals surface area contributed by atoms with Gasteiger partial charge in [0, 0.05) is 3.57 Å². The summed E-state index contributed by atoms with van der Waals surface area (Å²) in [5.74, 6) is 0.266. The van der Waals surface area contributed by atoms with E-state index in [0.29, 0.717) is 11.3 Å². The number of ether oxygens (including phenoxy) is 1. The van der Waals surface area contributed by atoms with Crippen molar-refractivity contribution in [3.8, 4) is 5.75 Å². The maximum absolute atomic E-state index is 12.1. The highest BCUT2D eigenvalue weighted by Gasteiger charge is 2.14. The molecule has 0 saturated carbocycles. The van der Waals surface area contributed by atoms with Crippen LogP contribution in [0, 0.1) is 10.7 Å². The van der Waals surface area contributed by atoms with Gasteiger partial charge in [0.25, 0.3) is 0 Å². The van der Waals surface area contributed by atoms with Gasteiger partial charge in [0.15, 0.2) is 5.75 Å². The van der Waals surface area contributed by atoms with Gasteiger partial charge < -0.3 is 10.5 Å². The lowest BCUT2D eigenvalue weighted by molar-refractivity contribution is -0.254. The number of rotatable bonds is 2. The van der Waals surface area contributed by atoms with E-state index in [2.05, 4.69) is 73.5 Å². The molecule has 0 aliphatic heterocycles. The lowest BCUT2D eigenvalue weighted by atomic mass is 10.2. The summed E-state index contributed by atoms with van der Waals surface area (Å²) >= 11 is 6.59. The molecule has 19 heavy (non-hydrogen) atoms. The van der Waals surface area contributed by atoms with Gasteiger partial charge in [-0.25, -0.2) is 4.79 Å². The highest BCUT2D eigenvalue weighted by Crippen LogP contribution is 2.30. The molecule has 0 heterocycles. The van der Waals surface area contributed by atoms with Gasteiger partial charge in [-0.05, 0) is 104 Å². The summed E-state index contributed by atoms with van der Waals surface area (Å²) in [4.78, 5) is 12.1. The average Bonchev–Trinajstić information content (AvgIpc) is 2.34. The second-order valence-electron chi connectivity index (χ2n) is 3.79. The Labute approximate surface area is 151 Å². The molecule has 3 N–H and O–H groups in total. The van der Waals surface area contributed by atoms with E-state index >= 15 is 0 Å². The van der Waals surface area contributed by atoms with E-state index in [1.54, 1.807) is 24.3 Å². The molecule has 0 spiro atoms. The Morgan fingerprint density at radius 3 is 2.05 bits per heavy atom. The number of hydrogen-bond donors (Lipinski definition) is 1. The van der Waals surface area contributed by atoms with Gasteiger partial charge in [-0.1, -0.05) is 0 Å². The van der Waals surface area contributed by atoms with Crippen molar-refractivity contribution in [2.45, 2.75) is 0 Å². The maximum Gasteiger partial charge on any atom is 0.343 e. The van der Waals surface area contributed by atoms with E-state index in [4.69, 9.17) is 4.74 Å². The van der Waals surface area contributed by atoms with E-state index in [0.717, 1.165) is 16.4 Å². The number of esters is 1. The molecule has 0 radical (unpaired) electrons. The first-order valence-corrected chi connectivity index (χ1v) is 8.50. The number of carbonyl (C=O) groups is 1. The Bertz CT molecular complexity index is 603. The summed E-state index contributed by atoms with van der Waals surface area (Å²) in [5.41, 5.74) is 5.18. The van der Waals surface area contributed by atoms with Crippen LogP contribution in [0.15, 0.2) is 36.4 Å². The third kappa shape index (κ3) is 4.02. The molecule has 2 aromatic carbocycles. The summed E-state index contributed by atoms with van der Waals surface area (Å²) in [6, 6.07) is 11.0. The molecule has 0 saturated heterocycles. The van der Waals surface area contributed by atoms with Crippen LogP contribution in [0.5, 0.6) is 5.75 Å². The largest absolute Gasteiger partial charge is 0.421 e. The quantitative estimate of drug-likeness (QED) is 0.330. The Morgan fingerprint density at radius 2 is 1.53 bits per heavy atom. The van der Waals surface area contributed by atoms with Crippen LogP contribution in [-0.4, -0.2) is 5.97 Å². The summed E-state index contributed by atoms with van der Waals surface area (Å²) < 4.78 is 8.45. The van der Waals surface area contributed by atoms with Crippen molar-refractivity contribution in [1.29, 1.82) is 0 Å². The smallest absolute Gasteiger partial charge is 0.343 e. The molecule has 0 atom stereocenters. The molecule has 0 aliphatic carbocycles. The molecule has 0 fully saturated rings. The summed E-state index contributed by atoms with van der Waals surface area (Å²) in [5, 5.41) is 0. The number of hydrogen-bond acceptors (Lipinski definition) is 2. The zero-order valence-electron chi connectivity index (χ0n) is 9.62. The Kier molecular flexibility index (Phi) is 5.43. The first-order valence-electron chi connectivity index (χ1n) is 5.26. The highest BCUT2D eigenvalue weighted by atomic mass is 127. The summed E-state index contributed by atoms with van der Waals surface area (Å²) in [6.07, 6.45) is 0. The van der Waals surface area contributed by atoms with Crippen molar-refractivity contribution in [3.05, 3.63) is 52.7 Å². The lowest BCUT2D eigenvalue weighted by Gasteiger charge is -2.09. The van der Waals surface area contributed by atoms with Crippen LogP contribution >= 0.6 is 67.8 Å². The summed E-state index contributed by atoms with van der Waals surface area (Å²) in [7, 11) is 0. The number of quaternary nitrogens is 1. The Balaban J connectivity index is 2.26. The number of halogens is 3. The zero-order valence-corrected chi connectivity index (χ0v) is 16.1. The standard InChI is InChI=1S/C13H8I3NO2/c14-8-5-10(15)12(11(16)6-8)19-13(18)7-1-3-9(17)4-2-7/h1-6H,17H2/p+1.